The number of benzene rings is 1. The summed E-state index contributed by atoms with van der Waals surface area (Å²) in [6.07, 6.45) is -3.01. The van der Waals surface area contributed by atoms with Gasteiger partial charge in [0.15, 0.2) is 5.69 Å². The molecular formula is C19H20F3N3O3. The maximum absolute atomic E-state index is 12.9. The molecule has 1 fully saturated rings. The fourth-order valence-corrected chi connectivity index (χ4v) is 3.48. The zero-order valence-electron chi connectivity index (χ0n) is 15.4. The molecule has 0 saturated carbocycles. The fraction of sp³-hybridized carbons (Fsp3) is 0.421. The topological polar surface area (TPSA) is 75.4 Å². The number of nitrogens with zero attached hydrogens (tertiary/aromatic N) is 3. The number of carboxylic acid groups (broad SMARTS) is 1. The zero-order valence-corrected chi connectivity index (χ0v) is 15.4. The first-order chi connectivity index (χ1) is 13.0. The maximum Gasteiger partial charge on any atom is 0.435 e. The van der Waals surface area contributed by atoms with E-state index in [0.29, 0.717) is 18.7 Å². The van der Waals surface area contributed by atoms with E-state index in [1.165, 1.54) is 17.2 Å². The largest absolute Gasteiger partial charge is 0.481 e. The number of hydrogen-bond acceptors (Lipinski definition) is 3. The van der Waals surface area contributed by atoms with E-state index in [0.717, 1.165) is 10.7 Å². The van der Waals surface area contributed by atoms with E-state index in [-0.39, 0.29) is 23.9 Å². The molecule has 1 N–H and O–H groups in total. The van der Waals surface area contributed by atoms with Gasteiger partial charge in [-0.15, -0.1) is 0 Å². The number of likely N-dealkylation sites (tertiary alicyclic amines) is 1. The monoisotopic (exact) mass is 395 g/mol. The molecule has 2 heterocycles. The van der Waals surface area contributed by atoms with Crippen LogP contribution in [0.3, 0.4) is 0 Å². The van der Waals surface area contributed by atoms with Gasteiger partial charge in [0.25, 0.3) is 5.91 Å². The van der Waals surface area contributed by atoms with Gasteiger partial charge in [0.1, 0.15) is 0 Å². The Bertz CT molecular complexity index is 907. The quantitative estimate of drug-likeness (QED) is 0.860. The van der Waals surface area contributed by atoms with Crippen LogP contribution in [0.2, 0.25) is 0 Å². The Labute approximate surface area is 159 Å². The summed E-state index contributed by atoms with van der Waals surface area (Å²) in [4.78, 5) is 26.1. The molecule has 1 aliphatic heterocycles. The lowest BCUT2D eigenvalue weighted by Gasteiger charge is -2.28. The van der Waals surface area contributed by atoms with Crippen molar-refractivity contribution in [3.63, 3.8) is 0 Å². The highest BCUT2D eigenvalue weighted by Gasteiger charge is 2.48. The molecule has 1 aliphatic rings. The van der Waals surface area contributed by atoms with Gasteiger partial charge >= 0.3 is 12.1 Å². The number of aliphatic carboxylic acids is 1. The highest BCUT2D eigenvalue weighted by molar-refractivity contribution is 5.95. The van der Waals surface area contributed by atoms with Crippen LogP contribution >= 0.6 is 0 Å². The second-order valence-corrected chi connectivity index (χ2v) is 7.29. The van der Waals surface area contributed by atoms with Gasteiger partial charge in [-0.2, -0.15) is 18.3 Å². The normalized spacial score (nSPS) is 20.0. The smallest absolute Gasteiger partial charge is 0.435 e. The van der Waals surface area contributed by atoms with Gasteiger partial charge in [0.05, 0.1) is 11.1 Å². The van der Waals surface area contributed by atoms with Crippen molar-refractivity contribution in [2.24, 2.45) is 11.3 Å². The molecule has 150 valence electrons. The van der Waals surface area contributed by atoms with Crippen LogP contribution < -0.4 is 0 Å². The summed E-state index contributed by atoms with van der Waals surface area (Å²) in [5.41, 5.74) is -1.43. The lowest BCUT2D eigenvalue weighted by atomic mass is 9.76. The van der Waals surface area contributed by atoms with Gasteiger partial charge in [-0.05, 0) is 36.6 Å². The van der Waals surface area contributed by atoms with Crippen LogP contribution in [-0.4, -0.2) is 44.8 Å². The van der Waals surface area contributed by atoms with Crippen molar-refractivity contribution in [3.8, 4) is 5.69 Å². The molecule has 3 rings (SSSR count). The first-order valence-electron chi connectivity index (χ1n) is 8.80. The van der Waals surface area contributed by atoms with Gasteiger partial charge in [-0.25, -0.2) is 4.68 Å². The summed E-state index contributed by atoms with van der Waals surface area (Å²) in [6.45, 7) is 4.05. The summed E-state index contributed by atoms with van der Waals surface area (Å²) in [7, 11) is 0. The number of hydrogen-bond donors (Lipinski definition) is 1. The fourth-order valence-electron chi connectivity index (χ4n) is 3.48. The predicted molar refractivity (Wildman–Crippen MR) is 94.0 cm³/mol. The molecule has 28 heavy (non-hydrogen) atoms. The van der Waals surface area contributed by atoms with E-state index in [2.05, 4.69) is 5.10 Å². The van der Waals surface area contributed by atoms with Crippen molar-refractivity contribution in [1.82, 2.24) is 14.7 Å². The van der Waals surface area contributed by atoms with Crippen molar-refractivity contribution in [2.75, 3.05) is 13.1 Å². The lowest BCUT2D eigenvalue weighted by Crippen LogP contribution is -2.40. The third-order valence-electron chi connectivity index (χ3n) is 5.36. The Morgan fingerprint density at radius 2 is 1.96 bits per heavy atom. The van der Waals surface area contributed by atoms with Gasteiger partial charge in [0.2, 0.25) is 0 Å². The van der Waals surface area contributed by atoms with Gasteiger partial charge in [-0.1, -0.05) is 19.9 Å². The minimum Gasteiger partial charge on any atom is -0.481 e. The number of rotatable bonds is 4. The molecule has 1 atom stereocenters. The minimum absolute atomic E-state index is 0.100. The standard InChI is InChI=1S/C19H20F3N3O3/c1-12(2)18(17(27)28)7-9-24(11-18)16(26)13-4-3-5-14(10-13)25-8-6-15(23-25)19(20,21)22/h3-6,8,10,12H,7,9,11H2,1-2H3,(H,27,28). The van der Waals surface area contributed by atoms with Crippen molar-refractivity contribution >= 4 is 11.9 Å². The molecule has 1 amide bonds. The SMILES string of the molecule is CC(C)C1(C(=O)O)CCN(C(=O)c2cccc(-n3ccc(C(F)(F)F)n3)c2)C1. The highest BCUT2D eigenvalue weighted by Crippen LogP contribution is 2.38. The number of halogens is 3. The third kappa shape index (κ3) is 3.48. The van der Waals surface area contributed by atoms with Gasteiger partial charge < -0.3 is 10.0 Å². The van der Waals surface area contributed by atoms with E-state index in [1.54, 1.807) is 18.2 Å². The molecule has 0 spiro atoms. The Morgan fingerprint density at radius 1 is 1.25 bits per heavy atom. The van der Waals surface area contributed by atoms with E-state index in [1.807, 2.05) is 13.8 Å². The second-order valence-electron chi connectivity index (χ2n) is 7.29. The van der Waals surface area contributed by atoms with Crippen molar-refractivity contribution in [3.05, 3.63) is 47.8 Å². The molecule has 1 aromatic carbocycles. The average Bonchev–Trinajstić information content (AvgIpc) is 3.29. The molecular weight excluding hydrogens is 375 g/mol. The summed E-state index contributed by atoms with van der Waals surface area (Å²) in [6, 6.07) is 6.96. The Morgan fingerprint density at radius 3 is 2.50 bits per heavy atom. The molecule has 0 radical (unpaired) electrons. The highest BCUT2D eigenvalue weighted by atomic mass is 19.4. The molecule has 0 bridgehead atoms. The first-order valence-corrected chi connectivity index (χ1v) is 8.80. The third-order valence-corrected chi connectivity index (χ3v) is 5.36. The molecule has 1 saturated heterocycles. The van der Waals surface area contributed by atoms with Gasteiger partial charge in [-0.3, -0.25) is 9.59 Å². The molecule has 2 aromatic rings. The lowest BCUT2D eigenvalue weighted by molar-refractivity contribution is -0.150. The van der Waals surface area contributed by atoms with Crippen LogP contribution in [0.25, 0.3) is 5.69 Å². The van der Waals surface area contributed by atoms with Crippen LogP contribution in [0.15, 0.2) is 36.5 Å². The molecule has 0 aliphatic carbocycles. The van der Waals surface area contributed by atoms with E-state index in [9.17, 15) is 27.9 Å². The van der Waals surface area contributed by atoms with Crippen molar-refractivity contribution < 1.29 is 27.9 Å². The number of aromatic nitrogens is 2. The number of carboxylic acids is 1. The second kappa shape index (κ2) is 6.96. The van der Waals surface area contributed by atoms with Crippen LogP contribution in [0.5, 0.6) is 0 Å². The number of carbonyl (C=O) groups is 2. The predicted octanol–water partition coefficient (Wildman–Crippen LogP) is 3.46. The molecule has 6 nitrogen and oxygen atoms in total. The number of alkyl halides is 3. The maximum atomic E-state index is 12.9. The zero-order chi connectivity index (χ0) is 20.7. The summed E-state index contributed by atoms with van der Waals surface area (Å²) in [5, 5.41) is 13.1. The average molecular weight is 395 g/mol. The number of amides is 1. The van der Waals surface area contributed by atoms with Crippen molar-refractivity contribution in [2.45, 2.75) is 26.4 Å². The van der Waals surface area contributed by atoms with Crippen LogP contribution in [0.1, 0.15) is 36.3 Å². The summed E-state index contributed by atoms with van der Waals surface area (Å²) >= 11 is 0. The molecule has 1 aromatic heterocycles. The summed E-state index contributed by atoms with van der Waals surface area (Å²) in [5.74, 6) is -1.42. The van der Waals surface area contributed by atoms with E-state index < -0.39 is 23.3 Å². The minimum atomic E-state index is -4.55. The van der Waals surface area contributed by atoms with E-state index >= 15 is 0 Å². The summed E-state index contributed by atoms with van der Waals surface area (Å²) < 4.78 is 39.3. The Kier molecular flexibility index (Phi) is 4.95. The van der Waals surface area contributed by atoms with Crippen molar-refractivity contribution in [1.29, 1.82) is 0 Å². The van der Waals surface area contributed by atoms with Crippen LogP contribution in [0, 0.1) is 11.3 Å². The Balaban J connectivity index is 1.84. The number of carbonyl (C=O) groups excluding carboxylic acids is 1. The molecule has 9 heteroatoms. The Hall–Kier alpha value is -2.84. The van der Waals surface area contributed by atoms with Crippen LogP contribution in [-0.2, 0) is 11.0 Å². The van der Waals surface area contributed by atoms with Crippen LogP contribution in [0.4, 0.5) is 13.2 Å². The van der Waals surface area contributed by atoms with E-state index in [4.69, 9.17) is 0 Å². The molecule has 1 unspecified atom stereocenters. The first kappa shape index (κ1) is 19.9. The van der Waals surface area contributed by atoms with Gasteiger partial charge in [0, 0.05) is 24.8 Å².